The molecule has 0 aliphatic carbocycles. The van der Waals surface area contributed by atoms with Crippen LogP contribution < -0.4 is 4.90 Å². The summed E-state index contributed by atoms with van der Waals surface area (Å²) < 4.78 is 6.33. The number of ether oxygens (including phenoxy) is 1. The van der Waals surface area contributed by atoms with Gasteiger partial charge in [0.2, 0.25) is 5.28 Å². The van der Waals surface area contributed by atoms with Crippen LogP contribution in [0.1, 0.15) is 17.3 Å². The number of morpholine rings is 1. The van der Waals surface area contributed by atoms with Crippen molar-refractivity contribution < 1.29 is 9.53 Å². The number of aromatic nitrogens is 2. The number of nitrogens with zero attached hydrogens (tertiary/aromatic N) is 3. The summed E-state index contributed by atoms with van der Waals surface area (Å²) >= 11 is 7.46. The number of fused-ring (bicyclic) bond motifs is 1. The molecule has 0 N–H and O–H groups in total. The molecule has 3 heterocycles. The van der Waals surface area contributed by atoms with Crippen LogP contribution in [0.3, 0.4) is 0 Å². The second kappa shape index (κ2) is 5.03. The first-order chi connectivity index (χ1) is 9.20. The molecule has 0 bridgehead atoms. The average molecular weight is 298 g/mol. The van der Waals surface area contributed by atoms with E-state index in [1.54, 1.807) is 5.38 Å². The standard InChI is InChI=1S/C12H12ClN3O2S/c1-7-5-18-3-2-16(7)11-10-9(14-12(13)15-11)8(4-17)6-19-10/h4,6-7H,2-3,5H2,1H3/t7-/m0/s1. The molecule has 1 aliphatic heterocycles. The van der Waals surface area contributed by atoms with E-state index in [9.17, 15) is 4.79 Å². The fourth-order valence-corrected chi connectivity index (χ4v) is 3.33. The zero-order valence-corrected chi connectivity index (χ0v) is 11.9. The van der Waals surface area contributed by atoms with Gasteiger partial charge in [-0.3, -0.25) is 4.79 Å². The Labute approximate surface area is 119 Å². The van der Waals surface area contributed by atoms with Crippen molar-refractivity contribution >= 4 is 45.3 Å². The van der Waals surface area contributed by atoms with Gasteiger partial charge >= 0.3 is 0 Å². The third-order valence-electron chi connectivity index (χ3n) is 3.16. The maximum Gasteiger partial charge on any atom is 0.224 e. The summed E-state index contributed by atoms with van der Waals surface area (Å²) in [5.74, 6) is 0.795. The van der Waals surface area contributed by atoms with Crippen LogP contribution in [-0.4, -0.2) is 42.1 Å². The van der Waals surface area contributed by atoms with Crippen LogP contribution in [0.15, 0.2) is 5.38 Å². The molecule has 0 unspecified atom stereocenters. The zero-order chi connectivity index (χ0) is 13.4. The number of hydrogen-bond acceptors (Lipinski definition) is 6. The van der Waals surface area contributed by atoms with Gasteiger partial charge in [0.15, 0.2) is 12.1 Å². The Kier molecular flexibility index (Phi) is 3.38. The van der Waals surface area contributed by atoms with Crippen LogP contribution in [0.25, 0.3) is 10.2 Å². The van der Waals surface area contributed by atoms with Crippen LogP contribution in [0.2, 0.25) is 5.28 Å². The highest BCUT2D eigenvalue weighted by molar-refractivity contribution is 7.18. The lowest BCUT2D eigenvalue weighted by atomic mass is 10.2. The highest BCUT2D eigenvalue weighted by Gasteiger charge is 2.24. The number of hydrogen-bond donors (Lipinski definition) is 0. The molecule has 0 spiro atoms. The molecule has 1 fully saturated rings. The fourth-order valence-electron chi connectivity index (χ4n) is 2.21. The number of rotatable bonds is 2. The molecular weight excluding hydrogens is 286 g/mol. The lowest BCUT2D eigenvalue weighted by Crippen LogP contribution is -2.44. The van der Waals surface area contributed by atoms with Gasteiger partial charge in [-0.1, -0.05) is 0 Å². The second-order valence-corrected chi connectivity index (χ2v) is 5.64. The SMILES string of the molecule is C[C@H]1COCCN1c1nc(Cl)nc2c(C=O)csc12. The highest BCUT2D eigenvalue weighted by atomic mass is 35.5. The molecule has 1 atom stereocenters. The number of halogens is 1. The van der Waals surface area contributed by atoms with E-state index < -0.39 is 0 Å². The van der Waals surface area contributed by atoms with Crippen molar-refractivity contribution in [2.75, 3.05) is 24.7 Å². The fraction of sp³-hybridized carbons (Fsp3) is 0.417. The number of aldehydes is 1. The minimum Gasteiger partial charge on any atom is -0.377 e. The predicted molar refractivity (Wildman–Crippen MR) is 75.4 cm³/mol. The lowest BCUT2D eigenvalue weighted by Gasteiger charge is -2.34. The molecule has 2 aromatic heterocycles. The quantitative estimate of drug-likeness (QED) is 0.629. The van der Waals surface area contributed by atoms with E-state index in [2.05, 4.69) is 21.8 Å². The first kappa shape index (κ1) is 12.8. The normalized spacial score (nSPS) is 19.9. The van der Waals surface area contributed by atoms with E-state index in [1.807, 2.05) is 0 Å². The number of thiophene rings is 1. The van der Waals surface area contributed by atoms with Gasteiger partial charge in [-0.25, -0.2) is 4.98 Å². The molecule has 19 heavy (non-hydrogen) atoms. The van der Waals surface area contributed by atoms with Crippen LogP contribution in [0.5, 0.6) is 0 Å². The molecule has 1 aliphatic rings. The Hall–Kier alpha value is -1.24. The molecule has 0 amide bonds. The summed E-state index contributed by atoms with van der Waals surface area (Å²) in [7, 11) is 0. The molecule has 0 aromatic carbocycles. The summed E-state index contributed by atoms with van der Waals surface area (Å²) in [4.78, 5) is 21.7. The molecule has 3 rings (SSSR count). The second-order valence-electron chi connectivity index (χ2n) is 4.42. The van der Waals surface area contributed by atoms with E-state index in [0.29, 0.717) is 24.3 Å². The van der Waals surface area contributed by atoms with Crippen molar-refractivity contribution in [3.63, 3.8) is 0 Å². The molecule has 5 nitrogen and oxygen atoms in total. The monoisotopic (exact) mass is 297 g/mol. The summed E-state index contributed by atoms with van der Waals surface area (Å²) in [6.07, 6.45) is 0.800. The van der Waals surface area contributed by atoms with E-state index in [1.165, 1.54) is 11.3 Å². The van der Waals surface area contributed by atoms with Crippen molar-refractivity contribution in [2.45, 2.75) is 13.0 Å². The summed E-state index contributed by atoms with van der Waals surface area (Å²) in [5.41, 5.74) is 1.19. The third kappa shape index (κ3) is 2.20. The van der Waals surface area contributed by atoms with E-state index >= 15 is 0 Å². The summed E-state index contributed by atoms with van der Waals surface area (Å²) in [6.45, 7) is 4.17. The summed E-state index contributed by atoms with van der Waals surface area (Å²) in [5, 5.41) is 1.96. The molecule has 2 aromatic rings. The number of carbonyl (C=O) groups excluding carboxylic acids is 1. The lowest BCUT2D eigenvalue weighted by molar-refractivity contribution is 0.0987. The van der Waals surface area contributed by atoms with Gasteiger partial charge in [-0.2, -0.15) is 4.98 Å². The van der Waals surface area contributed by atoms with Crippen molar-refractivity contribution in [1.82, 2.24) is 9.97 Å². The Balaban J connectivity index is 2.16. The van der Waals surface area contributed by atoms with Gasteiger partial charge in [-0.05, 0) is 18.5 Å². The zero-order valence-electron chi connectivity index (χ0n) is 10.3. The van der Waals surface area contributed by atoms with Gasteiger partial charge < -0.3 is 9.64 Å². The Morgan fingerprint density at radius 1 is 1.58 bits per heavy atom. The van der Waals surface area contributed by atoms with Gasteiger partial charge in [-0.15, -0.1) is 11.3 Å². The molecule has 0 radical (unpaired) electrons. The van der Waals surface area contributed by atoms with Crippen molar-refractivity contribution in [2.24, 2.45) is 0 Å². The molecular formula is C12H12ClN3O2S. The van der Waals surface area contributed by atoms with Crippen molar-refractivity contribution in [3.05, 3.63) is 16.2 Å². The maximum absolute atomic E-state index is 11.0. The van der Waals surface area contributed by atoms with Crippen molar-refractivity contribution in [1.29, 1.82) is 0 Å². The molecule has 1 saturated heterocycles. The first-order valence-corrected chi connectivity index (χ1v) is 7.20. The highest BCUT2D eigenvalue weighted by Crippen LogP contribution is 2.33. The Bertz CT molecular complexity index is 631. The van der Waals surface area contributed by atoms with Crippen LogP contribution >= 0.6 is 22.9 Å². The first-order valence-electron chi connectivity index (χ1n) is 5.95. The van der Waals surface area contributed by atoms with E-state index in [0.717, 1.165) is 23.3 Å². The molecule has 7 heteroatoms. The summed E-state index contributed by atoms with van der Waals surface area (Å²) in [6, 6.07) is 0.227. The van der Waals surface area contributed by atoms with Gasteiger partial charge in [0.25, 0.3) is 0 Å². The van der Waals surface area contributed by atoms with Crippen LogP contribution in [0, 0.1) is 0 Å². The molecule has 100 valence electrons. The van der Waals surface area contributed by atoms with Crippen molar-refractivity contribution in [3.8, 4) is 0 Å². The van der Waals surface area contributed by atoms with Gasteiger partial charge in [0, 0.05) is 11.9 Å². The number of carbonyl (C=O) groups is 1. The largest absolute Gasteiger partial charge is 0.377 e. The maximum atomic E-state index is 11.0. The topological polar surface area (TPSA) is 55.3 Å². The minimum absolute atomic E-state index is 0.169. The predicted octanol–water partition coefficient (Wildman–Crippen LogP) is 2.38. The number of anilines is 1. The Morgan fingerprint density at radius 3 is 3.16 bits per heavy atom. The van der Waals surface area contributed by atoms with Crippen LogP contribution in [0.4, 0.5) is 5.82 Å². The average Bonchev–Trinajstić information content (AvgIpc) is 2.81. The molecule has 0 saturated carbocycles. The van der Waals surface area contributed by atoms with Crippen LogP contribution in [-0.2, 0) is 4.74 Å². The van der Waals surface area contributed by atoms with E-state index in [4.69, 9.17) is 16.3 Å². The smallest absolute Gasteiger partial charge is 0.224 e. The minimum atomic E-state index is 0.169. The van der Waals surface area contributed by atoms with E-state index in [-0.39, 0.29) is 11.3 Å². The van der Waals surface area contributed by atoms with Gasteiger partial charge in [0.1, 0.15) is 0 Å². The Morgan fingerprint density at radius 2 is 2.42 bits per heavy atom. The third-order valence-corrected chi connectivity index (χ3v) is 4.32. The van der Waals surface area contributed by atoms with Gasteiger partial charge in [0.05, 0.1) is 35.0 Å².